The lowest BCUT2D eigenvalue weighted by molar-refractivity contribution is 0.103. The Morgan fingerprint density at radius 2 is 0.875 bits per heavy atom. The molecule has 0 radical (unpaired) electrons. The molecular formula is C39H38N8O. The van der Waals surface area contributed by atoms with Crippen LogP contribution in [0.2, 0.25) is 0 Å². The van der Waals surface area contributed by atoms with Gasteiger partial charge in [-0.25, -0.2) is 19.9 Å². The Morgan fingerprint density at radius 1 is 0.479 bits per heavy atom. The zero-order valence-corrected chi connectivity index (χ0v) is 27.4. The molecule has 0 bridgehead atoms. The van der Waals surface area contributed by atoms with Crippen LogP contribution < -0.4 is 9.80 Å². The molecule has 0 atom stereocenters. The van der Waals surface area contributed by atoms with Crippen LogP contribution in [-0.2, 0) is 0 Å². The summed E-state index contributed by atoms with van der Waals surface area (Å²) >= 11 is 0. The Bertz CT molecular complexity index is 1950. The van der Waals surface area contributed by atoms with Gasteiger partial charge >= 0.3 is 0 Å². The molecule has 0 aliphatic carbocycles. The van der Waals surface area contributed by atoms with Crippen molar-refractivity contribution in [3.8, 4) is 22.8 Å². The molecule has 9 heteroatoms. The number of anilines is 2. The molecule has 0 spiro atoms. The van der Waals surface area contributed by atoms with Gasteiger partial charge in [-0.05, 0) is 38.4 Å². The number of aromatic nitrogens is 4. The highest BCUT2D eigenvalue weighted by Crippen LogP contribution is 2.36. The van der Waals surface area contributed by atoms with Crippen LogP contribution in [0, 0.1) is 0 Å². The van der Waals surface area contributed by atoms with Crippen molar-refractivity contribution in [1.82, 2.24) is 29.7 Å². The molecule has 2 aliphatic heterocycles. The van der Waals surface area contributed by atoms with E-state index in [0.717, 1.165) is 96.7 Å². The first-order chi connectivity index (χ1) is 23.5. The van der Waals surface area contributed by atoms with Gasteiger partial charge in [-0.1, -0.05) is 72.8 Å². The SMILES string of the molecule is CN1CCN(c2cccc3nc(-c4ccccc4)nc(C(=O)c4nc(-c5ccccc5)nc5cccc(N6CCN(C)CC6)c45)c23)CC1. The van der Waals surface area contributed by atoms with Gasteiger partial charge in [0.25, 0.3) is 0 Å². The van der Waals surface area contributed by atoms with Gasteiger partial charge in [-0.15, -0.1) is 0 Å². The van der Waals surface area contributed by atoms with Gasteiger partial charge in [0, 0.05) is 74.9 Å². The first-order valence-corrected chi connectivity index (χ1v) is 16.7. The maximum atomic E-state index is 15.4. The second-order valence-electron chi connectivity index (χ2n) is 12.8. The number of carbonyl (C=O) groups excluding carboxylic acids is 1. The van der Waals surface area contributed by atoms with E-state index in [9.17, 15) is 0 Å². The molecule has 6 aromatic rings. The molecule has 0 amide bonds. The Labute approximate surface area is 280 Å². The van der Waals surface area contributed by atoms with E-state index >= 15 is 4.79 Å². The quantitative estimate of drug-likeness (QED) is 0.216. The lowest BCUT2D eigenvalue weighted by Crippen LogP contribution is -2.44. The van der Waals surface area contributed by atoms with Crippen LogP contribution in [0.5, 0.6) is 0 Å². The molecule has 0 N–H and O–H groups in total. The minimum Gasteiger partial charge on any atom is -0.368 e. The summed E-state index contributed by atoms with van der Waals surface area (Å²) in [6.45, 7) is 7.17. The van der Waals surface area contributed by atoms with Crippen LogP contribution in [0.15, 0.2) is 97.1 Å². The van der Waals surface area contributed by atoms with E-state index in [4.69, 9.17) is 19.9 Å². The third-order valence-electron chi connectivity index (χ3n) is 9.58. The minimum atomic E-state index is -0.229. The molecule has 48 heavy (non-hydrogen) atoms. The smallest absolute Gasteiger partial charge is 0.231 e. The molecule has 4 aromatic carbocycles. The first-order valence-electron chi connectivity index (χ1n) is 16.7. The van der Waals surface area contributed by atoms with E-state index < -0.39 is 0 Å². The van der Waals surface area contributed by atoms with Gasteiger partial charge in [0.2, 0.25) is 5.78 Å². The molecule has 240 valence electrons. The van der Waals surface area contributed by atoms with Gasteiger partial charge in [-0.3, -0.25) is 4.79 Å². The van der Waals surface area contributed by atoms with E-state index in [1.54, 1.807) is 0 Å². The minimum absolute atomic E-state index is 0.229. The number of benzene rings is 4. The van der Waals surface area contributed by atoms with E-state index in [1.807, 2.05) is 84.9 Å². The number of hydrogen-bond acceptors (Lipinski definition) is 9. The summed E-state index contributed by atoms with van der Waals surface area (Å²) in [5, 5.41) is 1.52. The van der Waals surface area contributed by atoms with E-state index in [1.165, 1.54) is 0 Å². The summed E-state index contributed by atoms with van der Waals surface area (Å²) in [6.07, 6.45) is 0. The zero-order chi connectivity index (χ0) is 32.6. The van der Waals surface area contributed by atoms with Crippen molar-refractivity contribution in [3.05, 3.63) is 108 Å². The fourth-order valence-electron chi connectivity index (χ4n) is 6.83. The summed E-state index contributed by atoms with van der Waals surface area (Å²) in [5.74, 6) is 0.804. The monoisotopic (exact) mass is 634 g/mol. The van der Waals surface area contributed by atoms with Crippen LogP contribution >= 0.6 is 0 Å². The molecule has 0 saturated carbocycles. The number of piperazine rings is 2. The molecular weight excluding hydrogens is 596 g/mol. The summed E-state index contributed by atoms with van der Waals surface area (Å²) in [5.41, 5.74) is 5.87. The third-order valence-corrected chi connectivity index (χ3v) is 9.58. The predicted molar refractivity (Wildman–Crippen MR) is 193 cm³/mol. The number of ketones is 1. The van der Waals surface area contributed by atoms with Crippen LogP contribution in [0.3, 0.4) is 0 Å². The number of carbonyl (C=O) groups is 1. The van der Waals surface area contributed by atoms with Gasteiger partial charge in [0.15, 0.2) is 11.6 Å². The average molecular weight is 635 g/mol. The van der Waals surface area contributed by atoms with Crippen LogP contribution in [0.1, 0.15) is 16.2 Å². The highest BCUT2D eigenvalue weighted by molar-refractivity contribution is 6.22. The second-order valence-corrected chi connectivity index (χ2v) is 12.8. The average Bonchev–Trinajstić information content (AvgIpc) is 3.14. The molecule has 0 unspecified atom stereocenters. The lowest BCUT2D eigenvalue weighted by atomic mass is 10.0. The van der Waals surface area contributed by atoms with Crippen molar-refractivity contribution >= 4 is 39.0 Å². The number of hydrogen-bond donors (Lipinski definition) is 0. The summed E-state index contributed by atoms with van der Waals surface area (Å²) in [6, 6.07) is 32.0. The van der Waals surface area contributed by atoms with Crippen molar-refractivity contribution in [3.63, 3.8) is 0 Å². The Kier molecular flexibility index (Phi) is 7.99. The molecule has 2 fully saturated rings. The summed E-state index contributed by atoms with van der Waals surface area (Å²) in [7, 11) is 4.29. The fraction of sp³-hybridized carbons (Fsp3) is 0.256. The van der Waals surface area contributed by atoms with Crippen molar-refractivity contribution in [2.75, 3.05) is 76.3 Å². The van der Waals surface area contributed by atoms with Crippen LogP contribution in [0.4, 0.5) is 11.4 Å². The maximum Gasteiger partial charge on any atom is 0.231 e. The maximum absolute atomic E-state index is 15.4. The summed E-state index contributed by atoms with van der Waals surface area (Å²) in [4.78, 5) is 45.0. The largest absolute Gasteiger partial charge is 0.368 e. The zero-order valence-electron chi connectivity index (χ0n) is 27.4. The van der Waals surface area contributed by atoms with Gasteiger partial charge < -0.3 is 19.6 Å². The predicted octanol–water partition coefficient (Wildman–Crippen LogP) is 5.64. The van der Waals surface area contributed by atoms with Gasteiger partial charge in [0.1, 0.15) is 11.4 Å². The van der Waals surface area contributed by atoms with E-state index in [2.05, 4.69) is 45.8 Å². The molecule has 9 nitrogen and oxygen atoms in total. The second kappa shape index (κ2) is 12.7. The van der Waals surface area contributed by atoms with Crippen LogP contribution in [-0.4, -0.2) is 102 Å². The highest BCUT2D eigenvalue weighted by Gasteiger charge is 2.28. The third kappa shape index (κ3) is 5.65. The van der Waals surface area contributed by atoms with Crippen molar-refractivity contribution in [2.24, 2.45) is 0 Å². The highest BCUT2D eigenvalue weighted by atomic mass is 16.1. The van der Waals surface area contributed by atoms with E-state index in [0.29, 0.717) is 23.0 Å². The Morgan fingerprint density at radius 3 is 1.27 bits per heavy atom. The summed E-state index contributed by atoms with van der Waals surface area (Å²) < 4.78 is 0. The van der Waals surface area contributed by atoms with Gasteiger partial charge in [-0.2, -0.15) is 0 Å². The van der Waals surface area contributed by atoms with Crippen molar-refractivity contribution in [2.45, 2.75) is 0 Å². The van der Waals surface area contributed by atoms with Crippen LogP contribution in [0.25, 0.3) is 44.6 Å². The number of rotatable bonds is 6. The molecule has 2 aliphatic rings. The standard InChI is InChI=1S/C39H38N8O/c1-44-19-23-46(24-20-44)31-17-9-15-29-33(31)35(42-38(40-29)27-11-5-3-6-12-27)37(48)36-34-30(41-39(43-36)28-13-7-4-8-14-28)16-10-18-32(34)47-25-21-45(2)22-26-47/h3-18H,19-26H2,1-2H3. The number of nitrogens with zero attached hydrogens (tertiary/aromatic N) is 8. The van der Waals surface area contributed by atoms with E-state index in [-0.39, 0.29) is 5.78 Å². The normalized spacial score (nSPS) is 16.1. The Balaban J connectivity index is 1.39. The molecule has 8 rings (SSSR count). The van der Waals surface area contributed by atoms with Crippen molar-refractivity contribution in [1.29, 1.82) is 0 Å². The molecule has 4 heterocycles. The molecule has 2 saturated heterocycles. The Hall–Kier alpha value is -5.25. The topological polar surface area (TPSA) is 81.6 Å². The molecule has 2 aromatic heterocycles. The van der Waals surface area contributed by atoms with Crippen molar-refractivity contribution < 1.29 is 4.79 Å². The number of fused-ring (bicyclic) bond motifs is 2. The fourth-order valence-corrected chi connectivity index (χ4v) is 6.83. The number of likely N-dealkylation sites (N-methyl/N-ethyl adjacent to an activating group) is 2. The lowest BCUT2D eigenvalue weighted by Gasteiger charge is -2.35. The first kappa shape index (κ1) is 30.1. The van der Waals surface area contributed by atoms with Gasteiger partial charge in [0.05, 0.1) is 21.8 Å².